The van der Waals surface area contributed by atoms with Crippen molar-refractivity contribution >= 4 is 0 Å². The van der Waals surface area contributed by atoms with E-state index >= 15 is 0 Å². The molecule has 12 heteroatoms. The second kappa shape index (κ2) is 5.22. The molecule has 0 amide bonds. The summed E-state index contributed by atoms with van der Waals surface area (Å²) >= 11 is 0. The maximum absolute atomic E-state index is 13.0. The number of halogens is 12. The molecule has 0 fully saturated rings. The first-order valence-corrected chi connectivity index (χ1v) is 5.28. The van der Waals surface area contributed by atoms with Crippen LogP contribution >= 0.6 is 0 Å². The van der Waals surface area contributed by atoms with E-state index in [1.807, 2.05) is 6.58 Å². The summed E-state index contributed by atoms with van der Waals surface area (Å²) in [6, 6.07) is 0. The van der Waals surface area contributed by atoms with Crippen LogP contribution in [0, 0.1) is 0 Å². The molecular weight excluding hydrogens is 348 g/mol. The van der Waals surface area contributed by atoms with Crippen molar-refractivity contribution in [1.29, 1.82) is 0 Å². The van der Waals surface area contributed by atoms with Crippen LogP contribution in [0.4, 0.5) is 52.7 Å². The molecule has 0 atom stereocenters. The van der Waals surface area contributed by atoms with Crippen molar-refractivity contribution in [3.63, 3.8) is 0 Å². The maximum Gasteiger partial charge on any atom is 0.385 e. The van der Waals surface area contributed by atoms with E-state index in [-0.39, 0.29) is 6.92 Å². The lowest BCUT2D eigenvalue weighted by atomic mass is 9.90. The molecule has 0 saturated heterocycles. The lowest BCUT2D eigenvalue weighted by Gasteiger charge is -2.40. The summed E-state index contributed by atoms with van der Waals surface area (Å²) in [6.07, 6.45) is -3.32. The minimum absolute atomic E-state index is 0.179. The zero-order chi connectivity index (χ0) is 18.4. The van der Waals surface area contributed by atoms with Gasteiger partial charge in [-0.25, -0.2) is 0 Å². The quantitative estimate of drug-likeness (QED) is 0.424. The standard InChI is InChI=1S/C10H8F12/c1-3-5(11,12)7(15,16)9(19,20)10(21,22)8(17,18)6(13,14)4-2/h3H,1,4H2,2H3. The monoisotopic (exact) mass is 356 g/mol. The van der Waals surface area contributed by atoms with E-state index in [0.717, 1.165) is 0 Å². The summed E-state index contributed by atoms with van der Waals surface area (Å²) < 4.78 is 154. The Morgan fingerprint density at radius 3 is 1.23 bits per heavy atom. The molecule has 0 radical (unpaired) electrons. The number of hydrogen-bond acceptors (Lipinski definition) is 0. The van der Waals surface area contributed by atoms with Crippen molar-refractivity contribution in [2.75, 3.05) is 0 Å². The molecule has 132 valence electrons. The van der Waals surface area contributed by atoms with E-state index in [2.05, 4.69) is 0 Å². The van der Waals surface area contributed by atoms with Gasteiger partial charge < -0.3 is 0 Å². The molecule has 0 nitrogen and oxygen atoms in total. The topological polar surface area (TPSA) is 0 Å². The van der Waals surface area contributed by atoms with Crippen LogP contribution in [-0.2, 0) is 0 Å². The van der Waals surface area contributed by atoms with Crippen molar-refractivity contribution in [2.45, 2.75) is 48.9 Å². The average molecular weight is 356 g/mol. The van der Waals surface area contributed by atoms with Crippen LogP contribution in [0.3, 0.4) is 0 Å². The predicted molar refractivity (Wildman–Crippen MR) is 50.2 cm³/mol. The summed E-state index contributed by atoms with van der Waals surface area (Å²) in [5.41, 5.74) is 0. The summed E-state index contributed by atoms with van der Waals surface area (Å²) in [6.45, 7) is 2.16. The van der Waals surface area contributed by atoms with Gasteiger partial charge in [-0.1, -0.05) is 13.5 Å². The number of hydrogen-bond donors (Lipinski definition) is 0. The van der Waals surface area contributed by atoms with E-state index in [4.69, 9.17) is 0 Å². The second-order valence-corrected chi connectivity index (χ2v) is 4.18. The second-order valence-electron chi connectivity index (χ2n) is 4.18. The highest BCUT2D eigenvalue weighted by molar-refractivity contribution is 5.14. The molecule has 0 spiro atoms. The minimum atomic E-state index is -7.50. The molecule has 0 rings (SSSR count). The maximum atomic E-state index is 13.0. The Morgan fingerprint density at radius 1 is 0.636 bits per heavy atom. The molecule has 0 unspecified atom stereocenters. The molecule has 0 aliphatic carbocycles. The van der Waals surface area contributed by atoms with E-state index in [0.29, 0.717) is 0 Å². The first-order chi connectivity index (χ1) is 9.37. The molecule has 0 aromatic carbocycles. The van der Waals surface area contributed by atoms with Crippen molar-refractivity contribution in [1.82, 2.24) is 0 Å². The lowest BCUT2D eigenvalue weighted by molar-refractivity contribution is -0.420. The van der Waals surface area contributed by atoms with Gasteiger partial charge in [-0.15, -0.1) is 0 Å². The van der Waals surface area contributed by atoms with Crippen LogP contribution in [-0.4, -0.2) is 35.5 Å². The zero-order valence-electron chi connectivity index (χ0n) is 10.5. The molecule has 0 saturated carbocycles. The third kappa shape index (κ3) is 2.43. The Kier molecular flexibility index (Phi) is 4.96. The van der Waals surface area contributed by atoms with Crippen molar-refractivity contribution in [3.05, 3.63) is 12.7 Å². The number of rotatable bonds is 7. The van der Waals surface area contributed by atoms with Gasteiger partial charge in [0.2, 0.25) is 0 Å². The summed E-state index contributed by atoms with van der Waals surface area (Å²) in [5, 5.41) is 0. The van der Waals surface area contributed by atoms with Gasteiger partial charge in [0.15, 0.2) is 0 Å². The molecule has 0 aromatic rings. The normalized spacial score (nSPS) is 15.9. The van der Waals surface area contributed by atoms with Crippen LogP contribution in [0.1, 0.15) is 13.3 Å². The first-order valence-electron chi connectivity index (χ1n) is 5.28. The first kappa shape index (κ1) is 20.9. The molecule has 0 bridgehead atoms. The molecule has 0 aliphatic rings. The third-order valence-electron chi connectivity index (χ3n) is 2.76. The SMILES string of the molecule is C=CC(F)(F)C(F)(F)C(F)(F)C(F)(F)C(F)(F)C(F)(F)CC. The Morgan fingerprint density at radius 2 is 0.955 bits per heavy atom. The zero-order valence-corrected chi connectivity index (χ0v) is 10.5. The van der Waals surface area contributed by atoms with Crippen molar-refractivity contribution < 1.29 is 52.7 Å². The van der Waals surface area contributed by atoms with Crippen LogP contribution in [0.15, 0.2) is 12.7 Å². The van der Waals surface area contributed by atoms with Gasteiger partial charge in [0.1, 0.15) is 0 Å². The fourth-order valence-corrected chi connectivity index (χ4v) is 1.18. The van der Waals surface area contributed by atoms with Gasteiger partial charge in [-0.2, -0.15) is 52.7 Å². The van der Waals surface area contributed by atoms with E-state index < -0.39 is 48.0 Å². The van der Waals surface area contributed by atoms with Gasteiger partial charge >= 0.3 is 35.5 Å². The largest absolute Gasteiger partial charge is 0.385 e. The average Bonchev–Trinajstić information content (AvgIpc) is 2.37. The van der Waals surface area contributed by atoms with Gasteiger partial charge in [-0.3, -0.25) is 0 Å². The smallest absolute Gasteiger partial charge is 0.200 e. The number of alkyl halides is 12. The molecule has 0 aromatic heterocycles. The fraction of sp³-hybridized carbons (Fsp3) is 0.800. The van der Waals surface area contributed by atoms with E-state index in [9.17, 15) is 52.7 Å². The van der Waals surface area contributed by atoms with Gasteiger partial charge in [0, 0.05) is 6.42 Å². The van der Waals surface area contributed by atoms with Crippen LogP contribution in [0.5, 0.6) is 0 Å². The van der Waals surface area contributed by atoms with Gasteiger partial charge in [0.05, 0.1) is 0 Å². The highest BCUT2D eigenvalue weighted by atomic mass is 19.4. The molecule has 0 N–H and O–H groups in total. The Balaban J connectivity index is 6.25. The highest BCUT2D eigenvalue weighted by Gasteiger charge is 2.89. The van der Waals surface area contributed by atoms with Crippen LogP contribution < -0.4 is 0 Å². The highest BCUT2D eigenvalue weighted by Crippen LogP contribution is 2.60. The van der Waals surface area contributed by atoms with Crippen LogP contribution in [0.2, 0.25) is 0 Å². The Labute approximate surface area is 115 Å². The molecular formula is C10H8F12. The van der Waals surface area contributed by atoms with E-state index in [1.54, 1.807) is 0 Å². The molecule has 0 heterocycles. The molecule has 0 aliphatic heterocycles. The minimum Gasteiger partial charge on any atom is -0.200 e. The van der Waals surface area contributed by atoms with Crippen molar-refractivity contribution in [2.24, 2.45) is 0 Å². The molecule has 22 heavy (non-hydrogen) atoms. The van der Waals surface area contributed by atoms with Crippen LogP contribution in [0.25, 0.3) is 0 Å². The Hall–Kier alpha value is -1.10. The summed E-state index contributed by atoms with van der Waals surface area (Å²) in [4.78, 5) is 0. The predicted octanol–water partition coefficient (Wildman–Crippen LogP) is 5.39. The van der Waals surface area contributed by atoms with Gasteiger partial charge in [0.25, 0.3) is 0 Å². The summed E-state index contributed by atoms with van der Waals surface area (Å²) in [5.74, 6) is -41.0. The lowest BCUT2D eigenvalue weighted by Crippen LogP contribution is -2.70. The Bertz CT molecular complexity index is 422. The third-order valence-corrected chi connectivity index (χ3v) is 2.76. The fourth-order valence-electron chi connectivity index (χ4n) is 1.18. The number of allylic oxidation sites excluding steroid dienone is 1. The van der Waals surface area contributed by atoms with Crippen molar-refractivity contribution in [3.8, 4) is 0 Å². The van der Waals surface area contributed by atoms with E-state index in [1.165, 1.54) is 0 Å². The van der Waals surface area contributed by atoms with Gasteiger partial charge in [-0.05, 0) is 6.08 Å². The summed E-state index contributed by atoms with van der Waals surface area (Å²) in [7, 11) is 0.